The molecule has 2 N–H and O–H groups in total. The molecule has 0 radical (unpaired) electrons. The molecular weight excluding hydrogens is 427 g/mol. The molecule has 31 heavy (non-hydrogen) atoms. The second-order valence-corrected chi connectivity index (χ2v) is 7.98. The predicted molar refractivity (Wildman–Crippen MR) is 96.2 cm³/mol. The highest BCUT2D eigenvalue weighted by atomic mass is 19.4. The molecule has 0 spiro atoms. The minimum absolute atomic E-state index is 0.115. The smallest absolute Gasteiger partial charge is 0.407 e. The molecule has 2 aliphatic rings. The van der Waals surface area contributed by atoms with Crippen LogP contribution >= 0.6 is 0 Å². The lowest BCUT2D eigenvalue weighted by atomic mass is 9.73. The number of aromatic nitrogens is 1. The first-order chi connectivity index (χ1) is 14.3. The molecule has 1 saturated heterocycles. The molecule has 166 valence electrons. The third-order valence-electron chi connectivity index (χ3n) is 6.09. The van der Waals surface area contributed by atoms with Crippen LogP contribution in [-0.2, 0) is 26.9 Å². The van der Waals surface area contributed by atoms with Gasteiger partial charge in [-0.3, -0.25) is 4.57 Å². The Bertz CT molecular complexity index is 1110. The molecule has 3 atom stereocenters. The molecule has 2 bridgehead atoms. The van der Waals surface area contributed by atoms with Crippen molar-refractivity contribution in [3.8, 4) is 17.4 Å². The molecule has 2 aliphatic heterocycles. The summed E-state index contributed by atoms with van der Waals surface area (Å²) in [7, 11) is 0. The van der Waals surface area contributed by atoms with Gasteiger partial charge in [0, 0.05) is 5.92 Å². The van der Waals surface area contributed by atoms with E-state index in [4.69, 9.17) is 11.3 Å². The summed E-state index contributed by atoms with van der Waals surface area (Å²) in [6, 6.07) is 2.78. The van der Waals surface area contributed by atoms with Crippen molar-refractivity contribution in [1.29, 1.82) is 0 Å². The van der Waals surface area contributed by atoms with Gasteiger partial charge in [-0.2, -0.15) is 22.0 Å². The third kappa shape index (κ3) is 2.96. The number of alkyl halides is 5. The first kappa shape index (κ1) is 21.4. The summed E-state index contributed by atoms with van der Waals surface area (Å²) in [6.45, 7) is 6.73. The third-order valence-corrected chi connectivity index (χ3v) is 6.09. The van der Waals surface area contributed by atoms with Gasteiger partial charge >= 0.3 is 12.8 Å². The van der Waals surface area contributed by atoms with Gasteiger partial charge in [0.25, 0.3) is 0 Å². The fourth-order valence-electron chi connectivity index (χ4n) is 4.82. The molecular formula is C20H17F5N2O4. The summed E-state index contributed by atoms with van der Waals surface area (Å²) in [5, 5.41) is 21.7. The first-order valence-electron chi connectivity index (χ1n) is 9.20. The van der Waals surface area contributed by atoms with Gasteiger partial charge in [0.2, 0.25) is 11.8 Å². The maximum atomic E-state index is 13.4. The Morgan fingerprint density at radius 2 is 1.90 bits per heavy atom. The Balaban J connectivity index is 1.86. The zero-order chi connectivity index (χ0) is 22.9. The number of ether oxygens (including phenoxy) is 2. The molecule has 1 aromatic carbocycles. The molecule has 11 heteroatoms. The van der Waals surface area contributed by atoms with Crippen LogP contribution in [0, 0.1) is 12.5 Å². The Hall–Kier alpha value is -2.84. The summed E-state index contributed by atoms with van der Waals surface area (Å²) in [6.07, 6.45) is -4.63. The van der Waals surface area contributed by atoms with E-state index in [2.05, 4.69) is 9.58 Å². The largest absolute Gasteiger partial charge is 0.494 e. The van der Waals surface area contributed by atoms with Crippen molar-refractivity contribution in [2.75, 3.05) is 6.61 Å². The molecule has 1 aromatic heterocycles. The number of nitrogens with zero attached hydrogens (tertiary/aromatic N) is 2. The number of benzene rings is 1. The van der Waals surface area contributed by atoms with Gasteiger partial charge in [0.15, 0.2) is 5.69 Å². The lowest BCUT2D eigenvalue weighted by Crippen LogP contribution is -2.32. The van der Waals surface area contributed by atoms with Crippen molar-refractivity contribution in [2.45, 2.75) is 44.3 Å². The van der Waals surface area contributed by atoms with Gasteiger partial charge < -0.3 is 19.7 Å². The van der Waals surface area contributed by atoms with Crippen LogP contribution in [0.25, 0.3) is 10.5 Å². The van der Waals surface area contributed by atoms with Gasteiger partial charge in [-0.1, -0.05) is 6.07 Å². The first-order valence-corrected chi connectivity index (χ1v) is 9.20. The number of aromatic hydroxyl groups is 2. The molecule has 6 nitrogen and oxygen atoms in total. The van der Waals surface area contributed by atoms with Crippen LogP contribution in [0.4, 0.5) is 27.6 Å². The van der Waals surface area contributed by atoms with E-state index in [1.807, 2.05) is 0 Å². The van der Waals surface area contributed by atoms with E-state index in [9.17, 15) is 32.2 Å². The molecule has 1 fully saturated rings. The Labute approximate surface area is 173 Å². The van der Waals surface area contributed by atoms with Crippen LogP contribution in [0.3, 0.4) is 0 Å². The van der Waals surface area contributed by atoms with E-state index in [-0.39, 0.29) is 29.8 Å². The summed E-state index contributed by atoms with van der Waals surface area (Å²) < 4.78 is 76.5. The van der Waals surface area contributed by atoms with Crippen LogP contribution < -0.4 is 0 Å². The van der Waals surface area contributed by atoms with Gasteiger partial charge in [-0.25, -0.2) is 4.85 Å². The fourth-order valence-corrected chi connectivity index (χ4v) is 4.82. The summed E-state index contributed by atoms with van der Waals surface area (Å²) in [5.74, 6) is -1.67. The zero-order valence-electron chi connectivity index (χ0n) is 16.3. The number of halogens is 5. The number of rotatable bonds is 4. The van der Waals surface area contributed by atoms with Gasteiger partial charge in [0.1, 0.15) is 5.60 Å². The molecule has 0 saturated carbocycles. The summed E-state index contributed by atoms with van der Waals surface area (Å²) in [5.41, 5.74) is -4.20. The maximum absolute atomic E-state index is 13.4. The van der Waals surface area contributed by atoms with Crippen molar-refractivity contribution in [2.24, 2.45) is 5.92 Å². The van der Waals surface area contributed by atoms with Gasteiger partial charge in [-0.05, 0) is 32.4 Å². The minimum Gasteiger partial charge on any atom is -0.494 e. The van der Waals surface area contributed by atoms with Crippen molar-refractivity contribution in [3.05, 3.63) is 46.3 Å². The van der Waals surface area contributed by atoms with Crippen molar-refractivity contribution < 1.29 is 41.6 Å². The van der Waals surface area contributed by atoms with Crippen molar-refractivity contribution in [3.63, 3.8) is 0 Å². The topological polar surface area (TPSA) is 68.2 Å². The molecule has 3 heterocycles. The summed E-state index contributed by atoms with van der Waals surface area (Å²) >= 11 is 0. The van der Waals surface area contributed by atoms with Crippen LogP contribution in [-0.4, -0.2) is 28.0 Å². The second kappa shape index (κ2) is 6.58. The van der Waals surface area contributed by atoms with Gasteiger partial charge in [-0.15, -0.1) is 0 Å². The van der Waals surface area contributed by atoms with E-state index in [0.717, 1.165) is 10.6 Å². The number of fused-ring (bicyclic) bond motifs is 5. The standard InChI is InChI=1S/C20H17F5N2O4/c1-18-7-9(8-30-17(21)22)19(2,31-18)14-13(18)15(28)27(16(14)29)10-4-5-12(26-3)11(6-10)20(23,24)25/h4-6,9,17,28-29H,7-8H2,1-2H3/t9-,18?,19?/m0/s1. The van der Waals surface area contributed by atoms with Crippen LogP contribution in [0.5, 0.6) is 11.8 Å². The van der Waals surface area contributed by atoms with E-state index < -0.39 is 52.9 Å². The Kier molecular flexibility index (Phi) is 4.54. The fraction of sp³-hybridized carbons (Fsp3) is 0.450. The van der Waals surface area contributed by atoms with Crippen molar-refractivity contribution >= 4 is 5.69 Å². The van der Waals surface area contributed by atoms with Crippen molar-refractivity contribution in [1.82, 2.24) is 4.57 Å². The Morgan fingerprint density at radius 1 is 1.26 bits per heavy atom. The Morgan fingerprint density at radius 3 is 2.48 bits per heavy atom. The lowest BCUT2D eigenvalue weighted by Gasteiger charge is -2.29. The van der Waals surface area contributed by atoms with E-state index in [1.54, 1.807) is 13.8 Å². The normalized spacial score (nSPS) is 27.0. The highest BCUT2D eigenvalue weighted by Gasteiger charge is 2.64. The molecule has 4 rings (SSSR count). The second-order valence-electron chi connectivity index (χ2n) is 7.98. The quantitative estimate of drug-likeness (QED) is 0.504. The SMILES string of the molecule is [C-]#[N+]c1ccc(-n2c(O)c3c(c2O)C2(C)OC3(C)C[C@H]2COC(F)F)cc1C(F)(F)F. The van der Waals surface area contributed by atoms with E-state index >= 15 is 0 Å². The average Bonchev–Trinajstić information content (AvgIpc) is 3.19. The molecule has 2 aromatic rings. The summed E-state index contributed by atoms with van der Waals surface area (Å²) in [4.78, 5) is 2.87. The predicted octanol–water partition coefficient (Wildman–Crippen LogP) is 5.18. The highest BCUT2D eigenvalue weighted by Crippen LogP contribution is 2.66. The van der Waals surface area contributed by atoms with Crippen LogP contribution in [0.15, 0.2) is 18.2 Å². The van der Waals surface area contributed by atoms with Crippen LogP contribution in [0.2, 0.25) is 0 Å². The minimum atomic E-state index is -4.82. The molecule has 0 amide bonds. The zero-order valence-corrected chi connectivity index (χ0v) is 16.3. The van der Waals surface area contributed by atoms with E-state index in [1.165, 1.54) is 6.07 Å². The number of hydrogen-bond acceptors (Lipinski definition) is 4. The molecule has 2 unspecified atom stereocenters. The highest BCUT2D eigenvalue weighted by molar-refractivity contribution is 5.64. The lowest BCUT2D eigenvalue weighted by molar-refractivity contribution is -0.152. The number of hydrogen-bond donors (Lipinski definition) is 2. The van der Waals surface area contributed by atoms with Crippen LogP contribution in [0.1, 0.15) is 37.0 Å². The average molecular weight is 444 g/mol. The monoisotopic (exact) mass is 444 g/mol. The van der Waals surface area contributed by atoms with E-state index in [0.29, 0.717) is 6.07 Å². The molecule has 0 aliphatic carbocycles. The van der Waals surface area contributed by atoms with Gasteiger partial charge in [0.05, 0.1) is 41.2 Å². The maximum Gasteiger partial charge on any atom is 0.407 e.